The van der Waals surface area contributed by atoms with Crippen LogP contribution in [0.25, 0.3) is 0 Å². The van der Waals surface area contributed by atoms with E-state index in [1.165, 1.54) is 0 Å². The average molecular weight is 313 g/mol. The molecule has 2 aromatic rings. The summed E-state index contributed by atoms with van der Waals surface area (Å²) in [5.41, 5.74) is 3.18. The maximum Gasteiger partial charge on any atom is 0.338 e. The molecule has 0 aliphatic rings. The van der Waals surface area contributed by atoms with Gasteiger partial charge in [-0.25, -0.2) is 4.79 Å². The molecule has 0 heterocycles. The van der Waals surface area contributed by atoms with Gasteiger partial charge in [0.2, 0.25) is 0 Å². The lowest BCUT2D eigenvalue weighted by atomic mass is 10.1. The Balaban J connectivity index is 1.76. The quantitative estimate of drug-likeness (QED) is 0.799. The van der Waals surface area contributed by atoms with Gasteiger partial charge in [-0.2, -0.15) is 0 Å². The van der Waals surface area contributed by atoms with Gasteiger partial charge in [0, 0.05) is 6.54 Å². The van der Waals surface area contributed by atoms with E-state index < -0.39 is 5.97 Å². The molecule has 0 radical (unpaired) electrons. The lowest BCUT2D eigenvalue weighted by Gasteiger charge is -2.07. The fourth-order valence-corrected chi connectivity index (χ4v) is 1.92. The monoisotopic (exact) mass is 313 g/mol. The van der Waals surface area contributed by atoms with Gasteiger partial charge in [-0.3, -0.25) is 4.79 Å². The number of rotatable bonds is 6. The number of hydrogen-bond acceptors (Lipinski definition) is 4. The van der Waals surface area contributed by atoms with E-state index in [2.05, 4.69) is 5.32 Å². The van der Waals surface area contributed by atoms with Crippen molar-refractivity contribution >= 4 is 11.9 Å². The molecule has 0 saturated carbocycles. The highest BCUT2D eigenvalue weighted by atomic mass is 16.5. The fraction of sp³-hybridized carbons (Fsp3) is 0.222. The topological polar surface area (TPSA) is 75.6 Å². The zero-order valence-electron chi connectivity index (χ0n) is 12.9. The van der Waals surface area contributed by atoms with Crippen LogP contribution in [0.2, 0.25) is 0 Å². The summed E-state index contributed by atoms with van der Waals surface area (Å²) in [6.45, 7) is 1.97. The van der Waals surface area contributed by atoms with E-state index in [-0.39, 0.29) is 19.1 Å². The van der Waals surface area contributed by atoms with E-state index in [9.17, 15) is 9.59 Å². The summed E-state index contributed by atoms with van der Waals surface area (Å²) in [6.07, 6.45) is 0. The first-order chi connectivity index (χ1) is 11.1. The molecule has 5 nitrogen and oxygen atoms in total. The summed E-state index contributed by atoms with van der Waals surface area (Å²) in [7, 11) is 0. The number of aliphatic hydroxyl groups excluding tert-OH is 1. The van der Waals surface area contributed by atoms with Crippen molar-refractivity contribution in [2.24, 2.45) is 0 Å². The number of carbonyl (C=O) groups is 2. The first kappa shape index (κ1) is 16.7. The highest BCUT2D eigenvalue weighted by Gasteiger charge is 2.10. The summed E-state index contributed by atoms with van der Waals surface area (Å²) in [6, 6.07) is 14.2. The Morgan fingerprint density at radius 3 is 2.22 bits per heavy atom. The normalized spacial score (nSPS) is 10.2. The minimum atomic E-state index is -0.569. The molecule has 0 unspecified atom stereocenters. The van der Waals surface area contributed by atoms with Crippen molar-refractivity contribution < 1.29 is 19.4 Å². The van der Waals surface area contributed by atoms with Gasteiger partial charge in [-0.15, -0.1) is 0 Å². The van der Waals surface area contributed by atoms with Crippen LogP contribution in [0, 0.1) is 6.92 Å². The number of aliphatic hydroxyl groups is 1. The van der Waals surface area contributed by atoms with Crippen molar-refractivity contribution in [3.8, 4) is 0 Å². The van der Waals surface area contributed by atoms with Crippen molar-refractivity contribution in [2.45, 2.75) is 20.1 Å². The molecule has 0 aromatic heterocycles. The second kappa shape index (κ2) is 8.10. The number of ether oxygens (including phenoxy) is 1. The van der Waals surface area contributed by atoms with Crippen molar-refractivity contribution in [2.75, 3.05) is 6.61 Å². The van der Waals surface area contributed by atoms with Gasteiger partial charge in [0.1, 0.15) is 0 Å². The number of amides is 1. The molecule has 0 aliphatic heterocycles. The maximum atomic E-state index is 11.8. The predicted molar refractivity (Wildman–Crippen MR) is 85.7 cm³/mol. The summed E-state index contributed by atoms with van der Waals surface area (Å²) >= 11 is 0. The summed E-state index contributed by atoms with van der Waals surface area (Å²) < 4.78 is 4.96. The van der Waals surface area contributed by atoms with Gasteiger partial charge >= 0.3 is 5.97 Å². The largest absolute Gasteiger partial charge is 0.452 e. The molecule has 0 bridgehead atoms. The van der Waals surface area contributed by atoms with Gasteiger partial charge in [0.25, 0.3) is 5.91 Å². The van der Waals surface area contributed by atoms with Gasteiger partial charge in [-0.05, 0) is 30.2 Å². The molecular formula is C18H19NO4. The molecule has 0 saturated heterocycles. The SMILES string of the molecule is Cc1ccc(CNC(=O)COC(=O)c2ccc(CO)cc2)cc1. The van der Waals surface area contributed by atoms with Gasteiger partial charge < -0.3 is 15.2 Å². The minimum Gasteiger partial charge on any atom is -0.452 e. The number of carbonyl (C=O) groups excluding carboxylic acids is 2. The summed E-state index contributed by atoms with van der Waals surface area (Å²) in [5, 5.41) is 11.6. The Labute approximate surface area is 134 Å². The zero-order chi connectivity index (χ0) is 16.7. The number of nitrogens with one attached hydrogen (secondary N) is 1. The minimum absolute atomic E-state index is 0.0866. The third kappa shape index (κ3) is 5.23. The van der Waals surface area contributed by atoms with E-state index in [0.29, 0.717) is 17.7 Å². The van der Waals surface area contributed by atoms with Crippen LogP contribution in [0.15, 0.2) is 48.5 Å². The molecule has 0 aliphatic carbocycles. The Hall–Kier alpha value is -2.66. The Morgan fingerprint density at radius 2 is 1.61 bits per heavy atom. The zero-order valence-corrected chi connectivity index (χ0v) is 12.9. The van der Waals surface area contributed by atoms with Crippen LogP contribution in [0.1, 0.15) is 27.0 Å². The number of esters is 1. The highest BCUT2D eigenvalue weighted by Crippen LogP contribution is 2.06. The van der Waals surface area contributed by atoms with Crippen molar-refractivity contribution in [1.29, 1.82) is 0 Å². The summed E-state index contributed by atoms with van der Waals surface area (Å²) in [4.78, 5) is 23.5. The second-order valence-corrected chi connectivity index (χ2v) is 5.19. The van der Waals surface area contributed by atoms with E-state index in [0.717, 1.165) is 11.1 Å². The fourth-order valence-electron chi connectivity index (χ4n) is 1.92. The van der Waals surface area contributed by atoms with E-state index in [1.807, 2.05) is 31.2 Å². The van der Waals surface area contributed by atoms with E-state index in [1.54, 1.807) is 24.3 Å². The van der Waals surface area contributed by atoms with Crippen LogP contribution in [0.3, 0.4) is 0 Å². The van der Waals surface area contributed by atoms with Crippen molar-refractivity contribution in [1.82, 2.24) is 5.32 Å². The van der Waals surface area contributed by atoms with Crippen LogP contribution in [-0.2, 0) is 22.7 Å². The lowest BCUT2D eigenvalue weighted by Crippen LogP contribution is -2.28. The summed E-state index contributed by atoms with van der Waals surface area (Å²) in [5.74, 6) is -0.925. The number of hydrogen-bond donors (Lipinski definition) is 2. The van der Waals surface area contributed by atoms with Crippen LogP contribution in [0.5, 0.6) is 0 Å². The maximum absolute atomic E-state index is 11.8. The average Bonchev–Trinajstić information content (AvgIpc) is 2.59. The molecule has 5 heteroatoms. The Morgan fingerprint density at radius 1 is 1.00 bits per heavy atom. The van der Waals surface area contributed by atoms with Crippen LogP contribution in [0.4, 0.5) is 0 Å². The van der Waals surface area contributed by atoms with Crippen molar-refractivity contribution in [3.63, 3.8) is 0 Å². The first-order valence-electron chi connectivity index (χ1n) is 7.27. The molecule has 120 valence electrons. The molecule has 2 N–H and O–H groups in total. The Kier molecular flexibility index (Phi) is 5.88. The smallest absolute Gasteiger partial charge is 0.338 e. The van der Waals surface area contributed by atoms with Gasteiger partial charge in [-0.1, -0.05) is 42.0 Å². The molecular weight excluding hydrogens is 294 g/mol. The highest BCUT2D eigenvalue weighted by molar-refractivity contribution is 5.91. The van der Waals surface area contributed by atoms with Crippen LogP contribution < -0.4 is 5.32 Å². The first-order valence-corrected chi connectivity index (χ1v) is 7.27. The van der Waals surface area contributed by atoms with E-state index in [4.69, 9.17) is 9.84 Å². The lowest BCUT2D eigenvalue weighted by molar-refractivity contribution is -0.124. The molecule has 0 fully saturated rings. The molecule has 2 rings (SSSR count). The third-order valence-corrected chi connectivity index (χ3v) is 3.32. The van der Waals surface area contributed by atoms with Gasteiger partial charge in [0.15, 0.2) is 6.61 Å². The molecule has 2 aromatic carbocycles. The molecule has 0 atom stereocenters. The van der Waals surface area contributed by atoms with Crippen LogP contribution in [-0.4, -0.2) is 23.6 Å². The second-order valence-electron chi connectivity index (χ2n) is 5.19. The molecule has 23 heavy (non-hydrogen) atoms. The number of aryl methyl sites for hydroxylation is 1. The Bertz CT molecular complexity index is 662. The molecule has 0 spiro atoms. The van der Waals surface area contributed by atoms with Gasteiger partial charge in [0.05, 0.1) is 12.2 Å². The van der Waals surface area contributed by atoms with E-state index >= 15 is 0 Å². The van der Waals surface area contributed by atoms with Crippen LogP contribution >= 0.6 is 0 Å². The predicted octanol–water partition coefficient (Wildman–Crippen LogP) is 1.96. The number of benzene rings is 2. The van der Waals surface area contributed by atoms with Crippen molar-refractivity contribution in [3.05, 3.63) is 70.8 Å². The molecule has 1 amide bonds. The third-order valence-electron chi connectivity index (χ3n) is 3.32. The standard InChI is InChI=1S/C18H19NO4/c1-13-2-4-14(5-3-13)10-19-17(21)12-23-18(22)16-8-6-15(11-20)7-9-16/h2-9,20H,10-12H2,1H3,(H,19,21).